The van der Waals surface area contributed by atoms with Crippen LogP contribution >= 0.6 is 0 Å². The van der Waals surface area contributed by atoms with E-state index in [1.54, 1.807) is 13.0 Å². The third-order valence-electron chi connectivity index (χ3n) is 3.71. The zero-order chi connectivity index (χ0) is 18.1. The van der Waals surface area contributed by atoms with Gasteiger partial charge in [0.05, 0.1) is 18.1 Å². The van der Waals surface area contributed by atoms with Crippen LogP contribution in [0.15, 0.2) is 45.3 Å². The van der Waals surface area contributed by atoms with Crippen molar-refractivity contribution in [1.82, 2.24) is 9.97 Å². The molecule has 3 rings (SSSR count). The van der Waals surface area contributed by atoms with Crippen molar-refractivity contribution in [2.24, 2.45) is 5.73 Å². The Kier molecular flexibility index (Phi) is 4.14. The van der Waals surface area contributed by atoms with Crippen molar-refractivity contribution in [2.75, 3.05) is 6.61 Å². The number of aromatic nitrogens is 2. The van der Waals surface area contributed by atoms with E-state index in [2.05, 4.69) is 4.98 Å². The average molecular weight is 347 g/mol. The van der Waals surface area contributed by atoms with Crippen LogP contribution in [0, 0.1) is 5.82 Å². The predicted octanol–water partition coefficient (Wildman–Crippen LogP) is 0.460. The molecular weight excluding hydrogens is 333 g/mol. The molecule has 1 aromatic carbocycles. The van der Waals surface area contributed by atoms with Crippen LogP contribution in [0.4, 0.5) is 4.39 Å². The van der Waals surface area contributed by atoms with Crippen molar-refractivity contribution in [1.29, 1.82) is 0 Å². The van der Waals surface area contributed by atoms with Crippen molar-refractivity contribution in [3.63, 3.8) is 0 Å². The maximum Gasteiger partial charge on any atom is 0.340 e. The number of aromatic amines is 2. The molecule has 8 nitrogen and oxygen atoms in total. The fraction of sp³-hybridized carbons (Fsp3) is 0.188. The van der Waals surface area contributed by atoms with Gasteiger partial charge in [-0.15, -0.1) is 0 Å². The summed E-state index contributed by atoms with van der Waals surface area (Å²) in [6.45, 7) is 1.64. The zero-order valence-electron chi connectivity index (χ0n) is 13.1. The van der Waals surface area contributed by atoms with Gasteiger partial charge < -0.3 is 15.2 Å². The number of nitrogens with two attached hydrogens (primary N) is 1. The summed E-state index contributed by atoms with van der Waals surface area (Å²) in [5.74, 6) is -3.30. The summed E-state index contributed by atoms with van der Waals surface area (Å²) in [6, 6.07) is 5.61. The molecule has 0 aliphatic carbocycles. The number of ether oxygens (including phenoxy) is 2. The second-order valence-electron chi connectivity index (χ2n) is 5.21. The number of halogens is 1. The largest absolute Gasteiger partial charge is 0.462 e. The van der Waals surface area contributed by atoms with E-state index in [-0.39, 0.29) is 35.1 Å². The molecule has 0 radical (unpaired) electrons. The van der Waals surface area contributed by atoms with Crippen molar-refractivity contribution in [3.05, 3.63) is 73.5 Å². The first-order valence-electron chi connectivity index (χ1n) is 7.39. The fourth-order valence-corrected chi connectivity index (χ4v) is 2.72. The van der Waals surface area contributed by atoms with Gasteiger partial charge >= 0.3 is 11.7 Å². The number of hydrogen-bond acceptors (Lipinski definition) is 6. The molecule has 0 fully saturated rings. The highest BCUT2D eigenvalue weighted by molar-refractivity contribution is 5.92. The Morgan fingerprint density at radius 3 is 2.72 bits per heavy atom. The normalized spacial score (nSPS) is 16.2. The Morgan fingerprint density at radius 2 is 2.04 bits per heavy atom. The Balaban J connectivity index is 2.32. The highest BCUT2D eigenvalue weighted by Crippen LogP contribution is 2.40. The summed E-state index contributed by atoms with van der Waals surface area (Å²) < 4.78 is 24.6. The van der Waals surface area contributed by atoms with Crippen LogP contribution in [0.25, 0.3) is 0 Å². The third-order valence-corrected chi connectivity index (χ3v) is 3.71. The first-order valence-corrected chi connectivity index (χ1v) is 7.39. The lowest BCUT2D eigenvalue weighted by molar-refractivity contribution is -0.139. The average Bonchev–Trinajstić information content (AvgIpc) is 2.53. The zero-order valence-corrected chi connectivity index (χ0v) is 13.1. The number of hydrogen-bond donors (Lipinski definition) is 3. The van der Waals surface area contributed by atoms with E-state index in [1.165, 1.54) is 18.2 Å². The molecule has 4 N–H and O–H groups in total. The Bertz CT molecular complexity index is 992. The van der Waals surface area contributed by atoms with E-state index in [0.29, 0.717) is 0 Å². The quantitative estimate of drug-likeness (QED) is 0.692. The minimum atomic E-state index is -1.19. The molecule has 2 aromatic rings. The molecule has 25 heavy (non-hydrogen) atoms. The van der Waals surface area contributed by atoms with Crippen molar-refractivity contribution in [3.8, 4) is 5.88 Å². The smallest absolute Gasteiger partial charge is 0.340 e. The fourth-order valence-electron chi connectivity index (χ4n) is 2.72. The standard InChI is InChI=1S/C16H14FN3O5/c1-2-24-15(22)10-9(7-5-3-4-6-8(7)17)11-13(21)19-16(23)20-14(11)25-12(10)18/h3-6,9H,2,18H2,1H3,(H2,19,20,21,23)/t9-/m0/s1. The third kappa shape index (κ3) is 2.80. The van der Waals surface area contributed by atoms with Crippen molar-refractivity contribution >= 4 is 5.97 Å². The van der Waals surface area contributed by atoms with Gasteiger partial charge in [-0.05, 0) is 13.0 Å². The number of esters is 1. The van der Waals surface area contributed by atoms with Crippen LogP contribution in [0.3, 0.4) is 0 Å². The molecular formula is C16H14FN3O5. The minimum absolute atomic E-state index is 0.0237. The van der Waals surface area contributed by atoms with Gasteiger partial charge in [0, 0.05) is 5.56 Å². The molecule has 0 saturated carbocycles. The SMILES string of the molecule is CCOC(=O)C1=C(N)Oc2[nH]c(=O)[nH]c(=O)c2[C@H]1c1ccccc1F. The van der Waals surface area contributed by atoms with E-state index in [0.717, 1.165) is 0 Å². The number of rotatable bonds is 3. The van der Waals surface area contributed by atoms with Gasteiger partial charge in [0.1, 0.15) is 11.4 Å². The summed E-state index contributed by atoms with van der Waals surface area (Å²) in [4.78, 5) is 40.5. The molecule has 0 spiro atoms. The van der Waals surface area contributed by atoms with E-state index < -0.39 is 29.0 Å². The van der Waals surface area contributed by atoms with Crippen LogP contribution in [-0.2, 0) is 9.53 Å². The van der Waals surface area contributed by atoms with Crippen LogP contribution < -0.4 is 21.7 Å². The van der Waals surface area contributed by atoms with Crippen molar-refractivity contribution in [2.45, 2.75) is 12.8 Å². The molecule has 1 aromatic heterocycles. The van der Waals surface area contributed by atoms with Gasteiger partial charge in [0.15, 0.2) is 0 Å². The second-order valence-corrected chi connectivity index (χ2v) is 5.21. The summed E-state index contributed by atoms with van der Waals surface area (Å²) in [5, 5.41) is 0. The van der Waals surface area contributed by atoms with Gasteiger partial charge in [-0.2, -0.15) is 0 Å². The number of fused-ring (bicyclic) bond motifs is 1. The molecule has 1 aliphatic heterocycles. The number of carbonyl (C=O) groups excluding carboxylic acids is 1. The highest BCUT2D eigenvalue weighted by atomic mass is 19.1. The van der Waals surface area contributed by atoms with Gasteiger partial charge in [-0.3, -0.25) is 14.8 Å². The van der Waals surface area contributed by atoms with Crippen LogP contribution in [0.5, 0.6) is 5.88 Å². The molecule has 0 amide bonds. The van der Waals surface area contributed by atoms with E-state index in [4.69, 9.17) is 15.2 Å². The number of carbonyl (C=O) groups is 1. The van der Waals surface area contributed by atoms with Crippen LogP contribution in [0.2, 0.25) is 0 Å². The number of nitrogens with one attached hydrogen (secondary N) is 2. The summed E-state index contributed by atoms with van der Waals surface area (Å²) in [7, 11) is 0. The maximum atomic E-state index is 14.4. The van der Waals surface area contributed by atoms with Crippen molar-refractivity contribution < 1.29 is 18.7 Å². The lowest BCUT2D eigenvalue weighted by Gasteiger charge is -2.27. The lowest BCUT2D eigenvalue weighted by atomic mass is 9.84. The lowest BCUT2D eigenvalue weighted by Crippen LogP contribution is -2.36. The second kappa shape index (κ2) is 6.27. The maximum absolute atomic E-state index is 14.4. The van der Waals surface area contributed by atoms with E-state index in [1.807, 2.05) is 4.98 Å². The van der Waals surface area contributed by atoms with Crippen LogP contribution in [0.1, 0.15) is 24.0 Å². The Hall–Kier alpha value is -3.36. The van der Waals surface area contributed by atoms with Gasteiger partial charge in [-0.1, -0.05) is 18.2 Å². The summed E-state index contributed by atoms with van der Waals surface area (Å²) in [6.07, 6.45) is 0. The van der Waals surface area contributed by atoms with Crippen LogP contribution in [-0.4, -0.2) is 22.5 Å². The number of H-pyrrole nitrogens is 2. The Labute approximate surface area is 140 Å². The topological polar surface area (TPSA) is 127 Å². The molecule has 130 valence electrons. The van der Waals surface area contributed by atoms with E-state index >= 15 is 0 Å². The first kappa shape index (κ1) is 16.5. The summed E-state index contributed by atoms with van der Waals surface area (Å²) >= 11 is 0. The molecule has 0 saturated heterocycles. The highest BCUT2D eigenvalue weighted by Gasteiger charge is 2.39. The van der Waals surface area contributed by atoms with E-state index in [9.17, 15) is 18.8 Å². The molecule has 1 atom stereocenters. The molecule has 0 bridgehead atoms. The van der Waals surface area contributed by atoms with Gasteiger partial charge in [0.2, 0.25) is 11.8 Å². The molecule has 9 heteroatoms. The van der Waals surface area contributed by atoms with Gasteiger partial charge in [-0.25, -0.2) is 14.0 Å². The molecule has 1 aliphatic rings. The van der Waals surface area contributed by atoms with Gasteiger partial charge in [0.25, 0.3) is 5.56 Å². The first-order chi connectivity index (χ1) is 11.9. The summed E-state index contributed by atoms with van der Waals surface area (Å²) in [5.41, 5.74) is 3.84. The minimum Gasteiger partial charge on any atom is -0.462 e. The Morgan fingerprint density at radius 1 is 1.32 bits per heavy atom. The predicted molar refractivity (Wildman–Crippen MR) is 84.4 cm³/mol. The molecule has 2 heterocycles. The number of benzene rings is 1. The monoisotopic (exact) mass is 347 g/mol. The molecule has 0 unspecified atom stereocenters.